The molecule has 0 bridgehead atoms. The molecule has 2 heteroatoms. The van der Waals surface area contributed by atoms with Crippen LogP contribution in [0.5, 0.6) is 0 Å². The summed E-state index contributed by atoms with van der Waals surface area (Å²) < 4.78 is 0. The van der Waals surface area contributed by atoms with Gasteiger partial charge >= 0.3 is 0 Å². The number of hydrogen-bond acceptors (Lipinski definition) is 2. The molecule has 2 rings (SSSR count). The first-order valence-corrected chi connectivity index (χ1v) is 6.22. The number of thiophene rings is 1. The van der Waals surface area contributed by atoms with E-state index in [1.165, 1.54) is 11.1 Å². The maximum atomic E-state index is 10.6. The molecule has 1 aromatic carbocycles. The van der Waals surface area contributed by atoms with Crippen molar-refractivity contribution in [1.29, 1.82) is 0 Å². The quantitative estimate of drug-likeness (QED) is 0.716. The Kier molecular flexibility index (Phi) is 3.20. The number of carbonyl (C=O) groups excluding carboxylic acids is 1. The van der Waals surface area contributed by atoms with Crippen LogP contribution in [-0.2, 0) is 0 Å². The van der Waals surface area contributed by atoms with E-state index in [2.05, 4.69) is 38.1 Å². The molecule has 0 aliphatic rings. The summed E-state index contributed by atoms with van der Waals surface area (Å²) in [5, 5.41) is 1.89. The van der Waals surface area contributed by atoms with E-state index >= 15 is 0 Å². The largest absolute Gasteiger partial charge is 0.298 e. The van der Waals surface area contributed by atoms with Gasteiger partial charge in [-0.15, -0.1) is 11.3 Å². The lowest BCUT2D eigenvalue weighted by Gasteiger charge is -2.05. The second-order valence-corrected chi connectivity index (χ2v) is 5.05. The van der Waals surface area contributed by atoms with Gasteiger partial charge in [-0.25, -0.2) is 0 Å². The van der Waals surface area contributed by atoms with Crippen LogP contribution in [0.1, 0.15) is 35.7 Å². The minimum atomic E-state index is 0.558. The van der Waals surface area contributed by atoms with Crippen LogP contribution < -0.4 is 0 Å². The minimum absolute atomic E-state index is 0.558. The topological polar surface area (TPSA) is 17.1 Å². The summed E-state index contributed by atoms with van der Waals surface area (Å²) in [5.74, 6) is 0.558. The molecule has 2 aromatic rings. The highest BCUT2D eigenvalue weighted by atomic mass is 32.1. The minimum Gasteiger partial charge on any atom is -0.298 e. The molecule has 0 unspecified atom stereocenters. The average Bonchev–Trinajstić information content (AvgIpc) is 2.77. The SMILES string of the molecule is CC(C)c1ccc(-c2cc(C=O)cs2)cc1. The number of hydrogen-bond donors (Lipinski definition) is 0. The molecule has 0 spiro atoms. The van der Waals surface area contributed by atoms with Crippen LogP contribution in [0.4, 0.5) is 0 Å². The summed E-state index contributed by atoms with van der Waals surface area (Å²) in [4.78, 5) is 11.8. The maximum Gasteiger partial charge on any atom is 0.150 e. The molecule has 1 heterocycles. The van der Waals surface area contributed by atoms with Gasteiger partial charge in [0, 0.05) is 15.8 Å². The Labute approximate surface area is 99.8 Å². The molecular weight excluding hydrogens is 216 g/mol. The predicted molar refractivity (Wildman–Crippen MR) is 69.2 cm³/mol. The third kappa shape index (κ3) is 2.22. The average molecular weight is 230 g/mol. The van der Waals surface area contributed by atoms with Crippen LogP contribution in [0, 0.1) is 0 Å². The Hall–Kier alpha value is -1.41. The summed E-state index contributed by atoms with van der Waals surface area (Å²) in [5.41, 5.74) is 3.28. The normalized spacial score (nSPS) is 10.7. The highest BCUT2D eigenvalue weighted by Gasteiger charge is 2.03. The molecule has 0 radical (unpaired) electrons. The molecule has 0 aliphatic heterocycles. The Morgan fingerprint density at radius 3 is 2.38 bits per heavy atom. The van der Waals surface area contributed by atoms with Crippen molar-refractivity contribution in [2.24, 2.45) is 0 Å². The van der Waals surface area contributed by atoms with E-state index < -0.39 is 0 Å². The highest BCUT2D eigenvalue weighted by molar-refractivity contribution is 7.13. The van der Waals surface area contributed by atoms with E-state index in [4.69, 9.17) is 0 Å². The van der Waals surface area contributed by atoms with Crippen molar-refractivity contribution < 1.29 is 4.79 Å². The third-order valence-electron chi connectivity index (χ3n) is 2.62. The molecule has 0 saturated carbocycles. The van der Waals surface area contributed by atoms with Gasteiger partial charge in [0.15, 0.2) is 6.29 Å². The van der Waals surface area contributed by atoms with E-state index in [-0.39, 0.29) is 0 Å². The van der Waals surface area contributed by atoms with Gasteiger partial charge in [-0.05, 0) is 23.1 Å². The molecule has 0 amide bonds. The summed E-state index contributed by atoms with van der Waals surface area (Å²) in [6, 6.07) is 10.5. The Balaban J connectivity index is 2.30. The number of aldehydes is 1. The summed E-state index contributed by atoms with van der Waals surface area (Å²) in [6.45, 7) is 4.37. The monoisotopic (exact) mass is 230 g/mol. The van der Waals surface area contributed by atoms with Gasteiger partial charge in [0.05, 0.1) is 0 Å². The van der Waals surface area contributed by atoms with E-state index in [1.54, 1.807) is 11.3 Å². The fourth-order valence-electron chi connectivity index (χ4n) is 1.60. The lowest BCUT2D eigenvalue weighted by molar-refractivity contribution is 0.112. The van der Waals surface area contributed by atoms with Gasteiger partial charge < -0.3 is 0 Å². The van der Waals surface area contributed by atoms with Crippen molar-refractivity contribution in [2.75, 3.05) is 0 Å². The van der Waals surface area contributed by atoms with E-state index in [9.17, 15) is 4.79 Å². The number of rotatable bonds is 3. The first-order chi connectivity index (χ1) is 7.70. The van der Waals surface area contributed by atoms with E-state index in [1.807, 2.05) is 11.4 Å². The molecule has 0 N–H and O–H groups in total. The molecule has 82 valence electrons. The van der Waals surface area contributed by atoms with Gasteiger partial charge in [0.2, 0.25) is 0 Å². The predicted octanol–water partition coefficient (Wildman–Crippen LogP) is 4.35. The van der Waals surface area contributed by atoms with Gasteiger partial charge in [-0.3, -0.25) is 4.79 Å². The van der Waals surface area contributed by atoms with Gasteiger partial charge in [-0.1, -0.05) is 38.1 Å². The van der Waals surface area contributed by atoms with Crippen molar-refractivity contribution >= 4 is 17.6 Å². The van der Waals surface area contributed by atoms with Crippen molar-refractivity contribution in [3.8, 4) is 10.4 Å². The van der Waals surface area contributed by atoms with Crippen LogP contribution in [0.2, 0.25) is 0 Å². The molecular formula is C14H14OS. The van der Waals surface area contributed by atoms with Gasteiger partial charge in [0.25, 0.3) is 0 Å². The first-order valence-electron chi connectivity index (χ1n) is 5.34. The van der Waals surface area contributed by atoms with Crippen LogP contribution in [0.3, 0.4) is 0 Å². The maximum absolute atomic E-state index is 10.6. The van der Waals surface area contributed by atoms with Gasteiger partial charge in [-0.2, -0.15) is 0 Å². The van der Waals surface area contributed by atoms with E-state index in [0.29, 0.717) is 5.92 Å². The van der Waals surface area contributed by atoms with Crippen molar-refractivity contribution in [2.45, 2.75) is 19.8 Å². The molecule has 16 heavy (non-hydrogen) atoms. The van der Waals surface area contributed by atoms with Crippen LogP contribution in [-0.4, -0.2) is 6.29 Å². The van der Waals surface area contributed by atoms with Crippen molar-refractivity contribution in [1.82, 2.24) is 0 Å². The van der Waals surface area contributed by atoms with Crippen molar-refractivity contribution in [3.63, 3.8) is 0 Å². The second kappa shape index (κ2) is 4.62. The number of benzene rings is 1. The summed E-state index contributed by atoms with van der Waals surface area (Å²) in [6.07, 6.45) is 0.891. The van der Waals surface area contributed by atoms with E-state index in [0.717, 1.165) is 16.7 Å². The fraction of sp³-hybridized carbons (Fsp3) is 0.214. The molecule has 1 nitrogen and oxygen atoms in total. The van der Waals surface area contributed by atoms with Crippen LogP contribution in [0.15, 0.2) is 35.7 Å². The summed E-state index contributed by atoms with van der Waals surface area (Å²) >= 11 is 1.61. The Bertz CT molecular complexity index is 480. The smallest absolute Gasteiger partial charge is 0.150 e. The Morgan fingerprint density at radius 2 is 1.88 bits per heavy atom. The molecule has 0 atom stereocenters. The standard InChI is InChI=1S/C14H14OS/c1-10(2)12-3-5-13(6-4-12)14-7-11(8-15)9-16-14/h3-10H,1-2H3. The van der Waals surface area contributed by atoms with Gasteiger partial charge in [0.1, 0.15) is 0 Å². The zero-order valence-electron chi connectivity index (χ0n) is 9.44. The zero-order valence-corrected chi connectivity index (χ0v) is 10.3. The zero-order chi connectivity index (χ0) is 11.5. The lowest BCUT2D eigenvalue weighted by atomic mass is 10.0. The molecule has 0 saturated heterocycles. The fourth-order valence-corrected chi connectivity index (χ4v) is 2.46. The highest BCUT2D eigenvalue weighted by Crippen LogP contribution is 2.27. The molecule has 0 fully saturated rings. The van der Waals surface area contributed by atoms with Crippen molar-refractivity contribution in [3.05, 3.63) is 46.8 Å². The molecule has 1 aromatic heterocycles. The first kappa shape index (κ1) is 11.1. The Morgan fingerprint density at radius 1 is 1.19 bits per heavy atom. The van der Waals surface area contributed by atoms with Crippen LogP contribution in [0.25, 0.3) is 10.4 Å². The lowest BCUT2D eigenvalue weighted by Crippen LogP contribution is -1.85. The van der Waals surface area contributed by atoms with Crippen LogP contribution >= 0.6 is 11.3 Å². The third-order valence-corrected chi connectivity index (χ3v) is 3.62. The summed E-state index contributed by atoms with van der Waals surface area (Å²) in [7, 11) is 0. The molecule has 0 aliphatic carbocycles. The second-order valence-electron chi connectivity index (χ2n) is 4.14. The number of carbonyl (C=O) groups is 1.